The van der Waals surface area contributed by atoms with Gasteiger partial charge in [0.15, 0.2) is 6.23 Å². The SMILES string of the molecule is CCC[C@]1(CO)O[C@@H](n2ccc(N)nc2=O)[C@H](O)[C@@H]1O. The van der Waals surface area contributed by atoms with E-state index < -0.39 is 36.3 Å². The van der Waals surface area contributed by atoms with E-state index in [1.54, 1.807) is 0 Å². The van der Waals surface area contributed by atoms with Crippen LogP contribution in [0, 0.1) is 0 Å². The van der Waals surface area contributed by atoms with Crippen LogP contribution in [0.15, 0.2) is 17.1 Å². The number of aromatic nitrogens is 2. The van der Waals surface area contributed by atoms with Gasteiger partial charge in [0, 0.05) is 6.20 Å². The van der Waals surface area contributed by atoms with Crippen molar-refractivity contribution in [3.05, 3.63) is 22.7 Å². The first-order valence-electron chi connectivity index (χ1n) is 6.44. The van der Waals surface area contributed by atoms with E-state index in [0.717, 1.165) is 4.57 Å². The molecule has 4 atom stereocenters. The molecule has 112 valence electrons. The van der Waals surface area contributed by atoms with Crippen molar-refractivity contribution in [1.29, 1.82) is 0 Å². The number of rotatable bonds is 4. The van der Waals surface area contributed by atoms with Gasteiger partial charge in [-0.2, -0.15) is 4.98 Å². The highest BCUT2D eigenvalue weighted by Gasteiger charge is 2.54. The maximum atomic E-state index is 11.8. The number of anilines is 1. The second-order valence-corrected chi connectivity index (χ2v) is 4.96. The normalized spacial score (nSPS) is 33.5. The summed E-state index contributed by atoms with van der Waals surface area (Å²) < 4.78 is 6.65. The first kappa shape index (κ1) is 14.9. The number of nitrogen functional groups attached to an aromatic ring is 1. The summed E-state index contributed by atoms with van der Waals surface area (Å²) in [6, 6.07) is 1.39. The molecule has 8 heteroatoms. The summed E-state index contributed by atoms with van der Waals surface area (Å²) in [5, 5.41) is 29.7. The molecule has 1 aliphatic rings. The lowest BCUT2D eigenvalue weighted by molar-refractivity contribution is -0.133. The highest BCUT2D eigenvalue weighted by atomic mass is 16.6. The fourth-order valence-electron chi connectivity index (χ4n) is 2.53. The van der Waals surface area contributed by atoms with Crippen LogP contribution in [0.4, 0.5) is 5.82 Å². The third-order valence-corrected chi connectivity index (χ3v) is 3.58. The first-order chi connectivity index (χ1) is 9.45. The molecule has 0 unspecified atom stereocenters. The van der Waals surface area contributed by atoms with Gasteiger partial charge in [-0.25, -0.2) is 4.79 Å². The van der Waals surface area contributed by atoms with Crippen LogP contribution in [0.25, 0.3) is 0 Å². The Morgan fingerprint density at radius 1 is 1.55 bits per heavy atom. The zero-order valence-corrected chi connectivity index (χ0v) is 11.1. The van der Waals surface area contributed by atoms with Crippen molar-refractivity contribution >= 4 is 5.82 Å². The van der Waals surface area contributed by atoms with Crippen molar-refractivity contribution in [2.75, 3.05) is 12.3 Å². The predicted octanol–water partition coefficient (Wildman–Crippen LogP) is -1.39. The van der Waals surface area contributed by atoms with Gasteiger partial charge < -0.3 is 25.8 Å². The van der Waals surface area contributed by atoms with Gasteiger partial charge in [0.25, 0.3) is 0 Å². The first-order valence-corrected chi connectivity index (χ1v) is 6.44. The lowest BCUT2D eigenvalue weighted by Crippen LogP contribution is -2.46. The third kappa shape index (κ3) is 2.31. The molecule has 2 heterocycles. The van der Waals surface area contributed by atoms with Gasteiger partial charge >= 0.3 is 5.69 Å². The molecule has 0 saturated carbocycles. The number of ether oxygens (including phenoxy) is 1. The molecule has 0 aliphatic carbocycles. The van der Waals surface area contributed by atoms with E-state index >= 15 is 0 Å². The predicted molar refractivity (Wildman–Crippen MR) is 69.8 cm³/mol. The van der Waals surface area contributed by atoms with Crippen LogP contribution < -0.4 is 11.4 Å². The van der Waals surface area contributed by atoms with E-state index in [1.165, 1.54) is 12.3 Å². The largest absolute Gasteiger partial charge is 0.393 e. The average molecular weight is 285 g/mol. The minimum Gasteiger partial charge on any atom is -0.393 e. The van der Waals surface area contributed by atoms with Gasteiger partial charge in [0.05, 0.1) is 6.61 Å². The van der Waals surface area contributed by atoms with E-state index in [9.17, 15) is 20.1 Å². The summed E-state index contributed by atoms with van der Waals surface area (Å²) in [4.78, 5) is 15.3. The molecular weight excluding hydrogens is 266 g/mol. The minimum absolute atomic E-state index is 0.0567. The van der Waals surface area contributed by atoms with Crippen molar-refractivity contribution in [3.8, 4) is 0 Å². The monoisotopic (exact) mass is 285 g/mol. The van der Waals surface area contributed by atoms with E-state index in [4.69, 9.17) is 10.5 Å². The van der Waals surface area contributed by atoms with Crippen LogP contribution in [0.2, 0.25) is 0 Å². The molecule has 1 aromatic rings. The molecular formula is C12H19N3O5. The topological polar surface area (TPSA) is 131 Å². The quantitative estimate of drug-likeness (QED) is 0.535. The highest BCUT2D eigenvalue weighted by molar-refractivity contribution is 5.23. The van der Waals surface area contributed by atoms with Crippen LogP contribution >= 0.6 is 0 Å². The fraction of sp³-hybridized carbons (Fsp3) is 0.667. The minimum atomic E-state index is -1.34. The molecule has 0 bridgehead atoms. The molecule has 0 radical (unpaired) electrons. The molecule has 0 spiro atoms. The van der Waals surface area contributed by atoms with Crippen molar-refractivity contribution in [2.24, 2.45) is 0 Å². The Labute approximate surface area is 115 Å². The van der Waals surface area contributed by atoms with Gasteiger partial charge in [0.1, 0.15) is 23.6 Å². The summed E-state index contributed by atoms with van der Waals surface area (Å²) in [6.45, 7) is 1.41. The Morgan fingerprint density at radius 3 is 2.80 bits per heavy atom. The number of hydrogen-bond acceptors (Lipinski definition) is 7. The van der Waals surface area contributed by atoms with E-state index in [-0.39, 0.29) is 5.82 Å². The number of aliphatic hydroxyl groups is 3. The Bertz CT molecular complexity index is 534. The van der Waals surface area contributed by atoms with Crippen molar-refractivity contribution in [3.63, 3.8) is 0 Å². The summed E-state index contributed by atoms with van der Waals surface area (Å²) >= 11 is 0. The third-order valence-electron chi connectivity index (χ3n) is 3.58. The Morgan fingerprint density at radius 2 is 2.25 bits per heavy atom. The Balaban J connectivity index is 2.37. The molecule has 1 aliphatic heterocycles. The van der Waals surface area contributed by atoms with Crippen LogP contribution in [0.1, 0.15) is 26.0 Å². The summed E-state index contributed by atoms with van der Waals surface area (Å²) in [5.41, 5.74) is 3.43. The van der Waals surface area contributed by atoms with Gasteiger partial charge in [-0.3, -0.25) is 4.57 Å². The summed E-state index contributed by atoms with van der Waals surface area (Å²) in [6.07, 6.45) is -1.39. The van der Waals surface area contributed by atoms with Gasteiger partial charge in [-0.15, -0.1) is 0 Å². The lowest BCUT2D eigenvalue weighted by Gasteiger charge is -2.29. The molecule has 1 saturated heterocycles. The average Bonchev–Trinajstić information content (AvgIpc) is 2.65. The second kappa shape index (κ2) is 5.49. The van der Waals surface area contributed by atoms with Gasteiger partial charge in [-0.1, -0.05) is 13.3 Å². The number of aliphatic hydroxyl groups excluding tert-OH is 3. The van der Waals surface area contributed by atoms with E-state index in [2.05, 4.69) is 4.98 Å². The van der Waals surface area contributed by atoms with Gasteiger partial charge in [-0.05, 0) is 12.5 Å². The number of nitrogens with two attached hydrogens (primary N) is 1. The van der Waals surface area contributed by atoms with Crippen LogP contribution in [0.5, 0.6) is 0 Å². The maximum Gasteiger partial charge on any atom is 0.351 e. The second-order valence-electron chi connectivity index (χ2n) is 4.96. The fourth-order valence-corrected chi connectivity index (χ4v) is 2.53. The smallest absolute Gasteiger partial charge is 0.351 e. The zero-order valence-electron chi connectivity index (χ0n) is 11.1. The number of hydrogen-bond donors (Lipinski definition) is 4. The van der Waals surface area contributed by atoms with Crippen LogP contribution in [-0.2, 0) is 4.74 Å². The molecule has 0 aromatic carbocycles. The Kier molecular flexibility index (Phi) is 4.09. The van der Waals surface area contributed by atoms with Crippen molar-refractivity contribution in [2.45, 2.75) is 43.8 Å². The highest BCUT2D eigenvalue weighted by Crippen LogP contribution is 2.39. The van der Waals surface area contributed by atoms with Crippen LogP contribution in [-0.4, -0.2) is 49.3 Å². The molecule has 5 N–H and O–H groups in total. The molecule has 8 nitrogen and oxygen atoms in total. The standard InChI is InChI=1S/C12H19N3O5/c1-2-4-12(6-16)9(18)8(17)10(20-12)15-5-3-7(13)14-11(15)19/h3,5,8-10,16-18H,2,4,6H2,1H3,(H2,13,14,19)/t8-,9+,10-,12-/m1/s1. The lowest BCUT2D eigenvalue weighted by atomic mass is 9.91. The van der Waals surface area contributed by atoms with Crippen molar-refractivity contribution < 1.29 is 20.1 Å². The summed E-state index contributed by atoms with van der Waals surface area (Å²) in [5.74, 6) is 0.0567. The molecule has 2 rings (SSSR count). The zero-order chi connectivity index (χ0) is 14.9. The van der Waals surface area contributed by atoms with Crippen LogP contribution in [0.3, 0.4) is 0 Å². The molecule has 1 aromatic heterocycles. The maximum absolute atomic E-state index is 11.8. The van der Waals surface area contributed by atoms with Crippen molar-refractivity contribution in [1.82, 2.24) is 9.55 Å². The van der Waals surface area contributed by atoms with Gasteiger partial charge in [0.2, 0.25) is 0 Å². The summed E-state index contributed by atoms with van der Waals surface area (Å²) in [7, 11) is 0. The van der Waals surface area contributed by atoms with E-state index in [1.807, 2.05) is 6.92 Å². The molecule has 0 amide bonds. The number of nitrogens with zero attached hydrogens (tertiary/aromatic N) is 2. The molecule has 1 fully saturated rings. The van der Waals surface area contributed by atoms with E-state index in [0.29, 0.717) is 12.8 Å². The Hall–Kier alpha value is -1.48. The molecule has 20 heavy (non-hydrogen) atoms.